The van der Waals surface area contributed by atoms with E-state index in [4.69, 9.17) is 4.74 Å². The van der Waals surface area contributed by atoms with Crippen LogP contribution < -0.4 is 0 Å². The van der Waals surface area contributed by atoms with Gasteiger partial charge in [-0.05, 0) is 32.1 Å². The molecule has 0 fully saturated rings. The standard InChI is InChI=1S/C24H46O4S/c1-4-6-8-12-15-19-23(29(3,26)27)20-16-13-10-9-11-14-17-21-24(25)28-22-18-7-5-2/h16,20,23H,4-15,17-19,21-22H2,1-3H3/b20-16-. The van der Waals surface area contributed by atoms with Crippen LogP contribution in [0.4, 0.5) is 0 Å². The minimum Gasteiger partial charge on any atom is -0.466 e. The molecule has 0 rings (SSSR count). The summed E-state index contributed by atoms with van der Waals surface area (Å²) in [7, 11) is -3.01. The van der Waals surface area contributed by atoms with Gasteiger partial charge in [0, 0.05) is 12.7 Å². The Morgan fingerprint density at radius 2 is 1.41 bits per heavy atom. The van der Waals surface area contributed by atoms with Gasteiger partial charge in [-0.2, -0.15) is 0 Å². The zero-order valence-electron chi connectivity index (χ0n) is 19.3. The summed E-state index contributed by atoms with van der Waals surface area (Å²) in [6, 6.07) is 0. The number of hydrogen-bond donors (Lipinski definition) is 0. The van der Waals surface area contributed by atoms with E-state index in [0.29, 0.717) is 13.0 Å². The van der Waals surface area contributed by atoms with Crippen molar-refractivity contribution in [2.24, 2.45) is 0 Å². The van der Waals surface area contributed by atoms with Gasteiger partial charge in [0.05, 0.1) is 11.9 Å². The molecule has 0 spiro atoms. The molecule has 0 N–H and O–H groups in total. The second-order valence-electron chi connectivity index (χ2n) is 8.23. The Labute approximate surface area is 180 Å². The molecule has 0 heterocycles. The van der Waals surface area contributed by atoms with Gasteiger partial charge in [0.1, 0.15) is 0 Å². The Hall–Kier alpha value is -0.840. The van der Waals surface area contributed by atoms with Gasteiger partial charge in [-0.1, -0.05) is 90.2 Å². The van der Waals surface area contributed by atoms with Crippen LogP contribution in [-0.2, 0) is 19.4 Å². The molecule has 4 nitrogen and oxygen atoms in total. The van der Waals surface area contributed by atoms with E-state index in [0.717, 1.165) is 77.0 Å². The summed E-state index contributed by atoms with van der Waals surface area (Å²) >= 11 is 0. The maximum atomic E-state index is 12.0. The van der Waals surface area contributed by atoms with Crippen molar-refractivity contribution in [2.75, 3.05) is 12.9 Å². The third-order valence-electron chi connectivity index (χ3n) is 5.26. The van der Waals surface area contributed by atoms with Gasteiger partial charge in [-0.25, -0.2) is 8.42 Å². The van der Waals surface area contributed by atoms with Gasteiger partial charge in [-0.15, -0.1) is 0 Å². The van der Waals surface area contributed by atoms with Gasteiger partial charge in [0.15, 0.2) is 9.84 Å². The number of sulfone groups is 1. The van der Waals surface area contributed by atoms with Gasteiger partial charge in [-0.3, -0.25) is 4.79 Å². The summed E-state index contributed by atoms with van der Waals surface area (Å²) in [5.74, 6) is -0.0643. The lowest BCUT2D eigenvalue weighted by Gasteiger charge is -2.10. The van der Waals surface area contributed by atoms with E-state index in [-0.39, 0.29) is 11.2 Å². The predicted octanol–water partition coefficient (Wildman–Crippen LogP) is 6.78. The SMILES string of the molecule is CCCCCCCC(/C=C\CCCCCCCC(=O)OCCCCC)S(C)(=O)=O. The molecule has 0 aliphatic carbocycles. The van der Waals surface area contributed by atoms with E-state index < -0.39 is 9.84 Å². The molecular weight excluding hydrogens is 384 g/mol. The minimum atomic E-state index is -3.01. The first kappa shape index (κ1) is 28.2. The van der Waals surface area contributed by atoms with Crippen molar-refractivity contribution < 1.29 is 17.9 Å². The number of carbonyl (C=O) groups is 1. The first-order valence-corrected chi connectivity index (χ1v) is 13.9. The first-order valence-electron chi connectivity index (χ1n) is 11.9. The molecule has 0 aromatic carbocycles. The lowest BCUT2D eigenvalue weighted by molar-refractivity contribution is -0.143. The molecule has 1 atom stereocenters. The van der Waals surface area contributed by atoms with Crippen LogP contribution in [-0.4, -0.2) is 32.5 Å². The number of hydrogen-bond acceptors (Lipinski definition) is 4. The van der Waals surface area contributed by atoms with Crippen molar-refractivity contribution in [1.29, 1.82) is 0 Å². The second-order valence-corrected chi connectivity index (χ2v) is 10.5. The maximum absolute atomic E-state index is 12.0. The largest absolute Gasteiger partial charge is 0.466 e. The van der Waals surface area contributed by atoms with Crippen LogP contribution >= 0.6 is 0 Å². The van der Waals surface area contributed by atoms with Gasteiger partial charge < -0.3 is 4.74 Å². The van der Waals surface area contributed by atoms with Crippen LogP contribution in [0.15, 0.2) is 12.2 Å². The van der Waals surface area contributed by atoms with Gasteiger partial charge in [0.25, 0.3) is 0 Å². The number of ether oxygens (including phenoxy) is 1. The topological polar surface area (TPSA) is 60.4 Å². The molecule has 0 aliphatic rings. The molecule has 0 aliphatic heterocycles. The Balaban J connectivity index is 3.76. The smallest absolute Gasteiger partial charge is 0.305 e. The van der Waals surface area contributed by atoms with Crippen molar-refractivity contribution in [2.45, 2.75) is 122 Å². The zero-order valence-corrected chi connectivity index (χ0v) is 20.1. The van der Waals surface area contributed by atoms with E-state index in [1.165, 1.54) is 25.5 Å². The van der Waals surface area contributed by atoms with Crippen LogP contribution in [0.2, 0.25) is 0 Å². The van der Waals surface area contributed by atoms with Crippen molar-refractivity contribution in [3.05, 3.63) is 12.2 Å². The molecule has 0 saturated carbocycles. The number of carbonyl (C=O) groups excluding carboxylic acids is 1. The van der Waals surface area contributed by atoms with Crippen LogP contribution in [0.1, 0.15) is 117 Å². The fourth-order valence-electron chi connectivity index (χ4n) is 3.32. The third-order valence-corrected chi connectivity index (χ3v) is 6.75. The Bertz CT molecular complexity index is 511. The molecule has 5 heteroatoms. The Kier molecular flexibility index (Phi) is 18.6. The molecule has 29 heavy (non-hydrogen) atoms. The summed E-state index contributed by atoms with van der Waals surface area (Å²) in [4.78, 5) is 11.6. The highest BCUT2D eigenvalue weighted by Gasteiger charge is 2.16. The molecule has 0 saturated heterocycles. The van der Waals surface area contributed by atoms with Crippen molar-refractivity contribution in [1.82, 2.24) is 0 Å². The number of allylic oxidation sites excluding steroid dienone is 1. The molecular formula is C24H46O4S. The predicted molar refractivity (Wildman–Crippen MR) is 124 cm³/mol. The van der Waals surface area contributed by atoms with Crippen molar-refractivity contribution in [3.8, 4) is 0 Å². The van der Waals surface area contributed by atoms with Crippen LogP contribution in [0, 0.1) is 0 Å². The van der Waals surface area contributed by atoms with E-state index in [9.17, 15) is 13.2 Å². The Morgan fingerprint density at radius 3 is 2.10 bits per heavy atom. The van der Waals surface area contributed by atoms with Gasteiger partial charge in [0.2, 0.25) is 0 Å². The summed E-state index contributed by atoms with van der Waals surface area (Å²) in [5.41, 5.74) is 0. The van der Waals surface area contributed by atoms with Crippen LogP contribution in [0.5, 0.6) is 0 Å². The fraction of sp³-hybridized carbons (Fsp3) is 0.875. The third kappa shape index (κ3) is 18.9. The highest BCUT2D eigenvalue weighted by atomic mass is 32.2. The summed E-state index contributed by atoms with van der Waals surface area (Å²) in [6.07, 6.45) is 21.8. The molecule has 0 bridgehead atoms. The first-order chi connectivity index (χ1) is 13.9. The van der Waals surface area contributed by atoms with Crippen LogP contribution in [0.3, 0.4) is 0 Å². The summed E-state index contributed by atoms with van der Waals surface area (Å²) in [5, 5.41) is -0.326. The average Bonchev–Trinajstić information content (AvgIpc) is 2.67. The molecule has 0 radical (unpaired) electrons. The molecule has 172 valence electrons. The maximum Gasteiger partial charge on any atom is 0.305 e. The zero-order chi connectivity index (χ0) is 21.8. The normalized spacial score (nSPS) is 13.1. The number of unbranched alkanes of at least 4 members (excludes halogenated alkanes) is 11. The minimum absolute atomic E-state index is 0.0643. The summed E-state index contributed by atoms with van der Waals surface area (Å²) in [6.45, 7) is 4.88. The van der Waals surface area contributed by atoms with Crippen molar-refractivity contribution in [3.63, 3.8) is 0 Å². The van der Waals surface area contributed by atoms with E-state index in [2.05, 4.69) is 13.8 Å². The van der Waals surface area contributed by atoms with E-state index >= 15 is 0 Å². The molecule has 1 unspecified atom stereocenters. The summed E-state index contributed by atoms with van der Waals surface area (Å²) < 4.78 is 29.1. The van der Waals surface area contributed by atoms with E-state index in [1.807, 2.05) is 12.2 Å². The van der Waals surface area contributed by atoms with Gasteiger partial charge >= 0.3 is 5.97 Å². The molecule has 0 aromatic rings. The fourth-order valence-corrected chi connectivity index (χ4v) is 4.31. The highest BCUT2D eigenvalue weighted by Crippen LogP contribution is 2.15. The number of esters is 1. The van der Waals surface area contributed by atoms with E-state index in [1.54, 1.807) is 0 Å². The number of rotatable bonds is 20. The lowest BCUT2D eigenvalue weighted by Crippen LogP contribution is -2.17. The average molecular weight is 431 g/mol. The lowest BCUT2D eigenvalue weighted by atomic mass is 10.1. The Morgan fingerprint density at radius 1 is 0.828 bits per heavy atom. The quantitative estimate of drug-likeness (QED) is 0.121. The molecule has 0 amide bonds. The van der Waals surface area contributed by atoms with Crippen molar-refractivity contribution >= 4 is 15.8 Å². The monoisotopic (exact) mass is 430 g/mol. The second kappa shape index (κ2) is 19.1. The highest BCUT2D eigenvalue weighted by molar-refractivity contribution is 7.91. The van der Waals surface area contributed by atoms with Crippen LogP contribution in [0.25, 0.3) is 0 Å². The molecule has 0 aromatic heterocycles.